The molecule has 5 nitrogen and oxygen atoms in total. The van der Waals surface area contributed by atoms with E-state index in [1.807, 2.05) is 18.2 Å². The van der Waals surface area contributed by atoms with Crippen LogP contribution >= 0.6 is 0 Å². The number of likely N-dealkylation sites (N-methyl/N-ethyl adjacent to an activating group) is 1. The van der Waals surface area contributed by atoms with Gasteiger partial charge in [-0.2, -0.15) is 0 Å². The van der Waals surface area contributed by atoms with E-state index >= 15 is 0 Å². The Labute approximate surface area is 160 Å². The standard InChI is InChI=1S/C22H26N4O/c1-2-25-10-12-26(13-11-25)22-23-16-19-20(24-22)14-18(15-21(19)27)9-8-17-6-4-3-5-7-17/h3-9,16,18H,2,10-15H2,1H3/p+1/b9-8+/t18-/m1/s1. The zero-order valence-corrected chi connectivity index (χ0v) is 15.9. The van der Waals surface area contributed by atoms with Crippen LogP contribution in [-0.4, -0.2) is 48.5 Å². The number of anilines is 1. The van der Waals surface area contributed by atoms with Crippen LogP contribution < -0.4 is 9.80 Å². The first-order valence-electron chi connectivity index (χ1n) is 9.94. The Morgan fingerprint density at radius 1 is 1.19 bits per heavy atom. The van der Waals surface area contributed by atoms with Crippen LogP contribution in [0.15, 0.2) is 42.6 Å². The number of fused-ring (bicyclic) bond motifs is 1. The average Bonchev–Trinajstić information content (AvgIpc) is 2.73. The molecule has 1 aromatic heterocycles. The summed E-state index contributed by atoms with van der Waals surface area (Å²) in [5.74, 6) is 1.14. The van der Waals surface area contributed by atoms with Gasteiger partial charge in [0.05, 0.1) is 44.0 Å². The number of Topliss-reactive ketones (excluding diaryl/α,β-unsaturated/α-hetero) is 1. The van der Waals surface area contributed by atoms with Crippen LogP contribution in [0.3, 0.4) is 0 Å². The summed E-state index contributed by atoms with van der Waals surface area (Å²) in [4.78, 5) is 25.7. The number of rotatable bonds is 4. The van der Waals surface area contributed by atoms with Crippen molar-refractivity contribution in [3.63, 3.8) is 0 Å². The molecule has 1 aromatic carbocycles. The van der Waals surface area contributed by atoms with Crippen LogP contribution in [0.1, 0.15) is 35.0 Å². The third kappa shape index (κ3) is 4.08. The van der Waals surface area contributed by atoms with E-state index in [0.717, 1.165) is 49.8 Å². The van der Waals surface area contributed by atoms with Crippen LogP contribution in [0, 0.1) is 5.92 Å². The number of aromatic nitrogens is 2. The molecule has 0 saturated carbocycles. The van der Waals surface area contributed by atoms with Gasteiger partial charge in [0.1, 0.15) is 0 Å². The van der Waals surface area contributed by atoms with Gasteiger partial charge in [-0.1, -0.05) is 42.5 Å². The number of hydrogen-bond acceptors (Lipinski definition) is 4. The Morgan fingerprint density at radius 3 is 2.70 bits per heavy atom. The van der Waals surface area contributed by atoms with Crippen LogP contribution in [0.4, 0.5) is 5.95 Å². The monoisotopic (exact) mass is 363 g/mol. The highest BCUT2D eigenvalue weighted by atomic mass is 16.1. The Hall–Kier alpha value is -2.53. The van der Waals surface area contributed by atoms with Crippen molar-refractivity contribution in [1.29, 1.82) is 0 Å². The maximum atomic E-state index is 12.5. The molecule has 0 unspecified atom stereocenters. The Kier molecular flexibility index (Phi) is 5.30. The number of benzene rings is 1. The highest BCUT2D eigenvalue weighted by Crippen LogP contribution is 2.26. The fourth-order valence-corrected chi connectivity index (χ4v) is 3.94. The van der Waals surface area contributed by atoms with E-state index in [1.165, 1.54) is 6.54 Å². The molecule has 140 valence electrons. The number of carbonyl (C=O) groups excluding carboxylic acids is 1. The second-order valence-electron chi connectivity index (χ2n) is 7.48. The van der Waals surface area contributed by atoms with Gasteiger partial charge in [-0.05, 0) is 24.8 Å². The van der Waals surface area contributed by atoms with E-state index < -0.39 is 0 Å². The van der Waals surface area contributed by atoms with Gasteiger partial charge < -0.3 is 9.80 Å². The van der Waals surface area contributed by atoms with Crippen molar-refractivity contribution < 1.29 is 9.69 Å². The van der Waals surface area contributed by atoms with E-state index in [2.05, 4.69) is 41.1 Å². The zero-order valence-electron chi connectivity index (χ0n) is 15.9. The molecule has 2 aromatic rings. The fourth-order valence-electron chi connectivity index (χ4n) is 3.94. The molecule has 1 aliphatic carbocycles. The summed E-state index contributed by atoms with van der Waals surface area (Å²) in [6.07, 6.45) is 7.35. The van der Waals surface area contributed by atoms with E-state index in [9.17, 15) is 4.79 Å². The molecule has 0 bridgehead atoms. The lowest BCUT2D eigenvalue weighted by Gasteiger charge is -2.32. The quantitative estimate of drug-likeness (QED) is 0.898. The molecular formula is C22H27N4O+. The van der Waals surface area contributed by atoms with Crippen molar-refractivity contribution in [2.45, 2.75) is 19.8 Å². The van der Waals surface area contributed by atoms with Gasteiger partial charge in [0.15, 0.2) is 5.78 Å². The summed E-state index contributed by atoms with van der Waals surface area (Å²) < 4.78 is 0. The Bertz CT molecular complexity index is 825. The first kappa shape index (κ1) is 17.9. The summed E-state index contributed by atoms with van der Waals surface area (Å²) >= 11 is 0. The van der Waals surface area contributed by atoms with Crippen molar-refractivity contribution in [1.82, 2.24) is 9.97 Å². The number of nitrogens with zero attached hydrogens (tertiary/aromatic N) is 3. The lowest BCUT2D eigenvalue weighted by Crippen LogP contribution is -3.14. The van der Waals surface area contributed by atoms with Gasteiger partial charge >= 0.3 is 0 Å². The van der Waals surface area contributed by atoms with E-state index in [-0.39, 0.29) is 11.7 Å². The van der Waals surface area contributed by atoms with Gasteiger partial charge in [-0.3, -0.25) is 4.79 Å². The van der Waals surface area contributed by atoms with Crippen LogP contribution in [0.2, 0.25) is 0 Å². The molecule has 5 heteroatoms. The predicted molar refractivity (Wildman–Crippen MR) is 107 cm³/mol. The second kappa shape index (κ2) is 8.01. The number of ketones is 1. The highest BCUT2D eigenvalue weighted by molar-refractivity contribution is 5.98. The molecule has 4 rings (SSSR count). The number of hydrogen-bond donors (Lipinski definition) is 1. The van der Waals surface area contributed by atoms with Gasteiger partial charge in [0, 0.05) is 12.6 Å². The minimum atomic E-state index is 0.158. The lowest BCUT2D eigenvalue weighted by molar-refractivity contribution is -0.898. The third-order valence-electron chi connectivity index (χ3n) is 5.67. The minimum Gasteiger partial charge on any atom is -0.332 e. The smallest absolute Gasteiger partial charge is 0.225 e. The van der Waals surface area contributed by atoms with Crippen molar-refractivity contribution in [2.75, 3.05) is 37.6 Å². The third-order valence-corrected chi connectivity index (χ3v) is 5.67. The maximum Gasteiger partial charge on any atom is 0.225 e. The summed E-state index contributed by atoms with van der Waals surface area (Å²) in [5.41, 5.74) is 2.78. The summed E-state index contributed by atoms with van der Waals surface area (Å²) in [6, 6.07) is 10.2. The Balaban J connectivity index is 1.49. The molecular weight excluding hydrogens is 336 g/mol. The van der Waals surface area contributed by atoms with Crippen LogP contribution in [0.5, 0.6) is 0 Å². The highest BCUT2D eigenvalue weighted by Gasteiger charge is 2.27. The van der Waals surface area contributed by atoms with Crippen molar-refractivity contribution in [2.24, 2.45) is 5.92 Å². The van der Waals surface area contributed by atoms with Crippen LogP contribution in [0.25, 0.3) is 6.08 Å². The van der Waals surface area contributed by atoms with Crippen molar-refractivity contribution in [3.05, 3.63) is 59.4 Å². The number of nitrogens with one attached hydrogen (secondary N) is 1. The molecule has 2 heterocycles. The van der Waals surface area contributed by atoms with E-state index in [0.29, 0.717) is 12.0 Å². The number of piperazine rings is 1. The SMILES string of the molecule is CC[NH+]1CCN(c2ncc3c(n2)C[C@@H](/C=C/c2ccccc2)CC3=O)CC1. The van der Waals surface area contributed by atoms with Gasteiger partial charge in [0.2, 0.25) is 5.95 Å². The normalized spacial score (nSPS) is 20.9. The zero-order chi connectivity index (χ0) is 18.6. The number of allylic oxidation sites excluding steroid dienone is 1. The first-order valence-corrected chi connectivity index (χ1v) is 9.94. The average molecular weight is 363 g/mol. The molecule has 0 radical (unpaired) electrons. The van der Waals surface area contributed by atoms with Gasteiger partial charge in [-0.15, -0.1) is 0 Å². The van der Waals surface area contributed by atoms with Crippen molar-refractivity contribution >= 4 is 17.8 Å². The topological polar surface area (TPSA) is 50.5 Å². The molecule has 1 saturated heterocycles. The molecule has 0 amide bonds. The molecule has 1 fully saturated rings. The van der Waals surface area contributed by atoms with E-state index in [4.69, 9.17) is 4.98 Å². The molecule has 2 aliphatic rings. The fraction of sp³-hybridized carbons (Fsp3) is 0.409. The molecule has 27 heavy (non-hydrogen) atoms. The van der Waals surface area contributed by atoms with Crippen molar-refractivity contribution in [3.8, 4) is 0 Å². The summed E-state index contributed by atoms with van der Waals surface area (Å²) in [5, 5.41) is 0. The molecule has 1 atom stereocenters. The second-order valence-corrected chi connectivity index (χ2v) is 7.48. The maximum absolute atomic E-state index is 12.5. The first-order chi connectivity index (χ1) is 13.2. The molecule has 1 N–H and O–H groups in total. The van der Waals surface area contributed by atoms with Gasteiger partial charge in [0.25, 0.3) is 0 Å². The minimum absolute atomic E-state index is 0.158. The molecule has 0 spiro atoms. The number of quaternary nitrogens is 1. The number of carbonyl (C=O) groups is 1. The predicted octanol–water partition coefficient (Wildman–Crippen LogP) is 1.66. The Morgan fingerprint density at radius 2 is 1.96 bits per heavy atom. The van der Waals surface area contributed by atoms with E-state index in [1.54, 1.807) is 11.1 Å². The lowest BCUT2D eigenvalue weighted by atomic mass is 9.86. The van der Waals surface area contributed by atoms with Crippen LogP contribution in [-0.2, 0) is 6.42 Å². The summed E-state index contributed by atoms with van der Waals surface area (Å²) in [6.45, 7) is 7.61. The van der Waals surface area contributed by atoms with Gasteiger partial charge in [-0.25, -0.2) is 9.97 Å². The largest absolute Gasteiger partial charge is 0.332 e. The summed E-state index contributed by atoms with van der Waals surface area (Å²) in [7, 11) is 0. The molecule has 1 aliphatic heterocycles.